The molecule has 1 saturated carbocycles. The van der Waals surface area contributed by atoms with E-state index in [4.69, 9.17) is 9.72 Å². The highest BCUT2D eigenvalue weighted by Gasteiger charge is 2.30. The molecule has 0 amide bonds. The molecule has 1 aromatic carbocycles. The average Bonchev–Trinajstić information content (AvgIpc) is 3.24. The van der Waals surface area contributed by atoms with Crippen molar-refractivity contribution in [3.8, 4) is 17.1 Å². The summed E-state index contributed by atoms with van der Waals surface area (Å²) in [5, 5.41) is 13.0. The molecule has 0 aliphatic heterocycles. The molecular weight excluding hydrogens is 354 g/mol. The van der Waals surface area contributed by atoms with Crippen molar-refractivity contribution in [1.29, 1.82) is 0 Å². The molecule has 0 unspecified atom stereocenters. The molecule has 0 bridgehead atoms. The molecule has 1 aliphatic carbocycles. The molecule has 5 rings (SSSR count). The molecule has 0 atom stereocenters. The van der Waals surface area contributed by atoms with Gasteiger partial charge in [0.25, 0.3) is 0 Å². The molecule has 142 valence electrons. The van der Waals surface area contributed by atoms with Gasteiger partial charge in [-0.15, -0.1) is 10.2 Å². The first-order valence-electron chi connectivity index (χ1n) is 9.49. The summed E-state index contributed by atoms with van der Waals surface area (Å²) < 4.78 is 9.97. The van der Waals surface area contributed by atoms with Crippen molar-refractivity contribution < 1.29 is 4.74 Å². The number of aryl methyl sites for hydroxylation is 2. The second-order valence-electron chi connectivity index (χ2n) is 7.14. The van der Waals surface area contributed by atoms with Crippen molar-refractivity contribution in [3.63, 3.8) is 0 Å². The Balaban J connectivity index is 1.64. The smallest absolute Gasteiger partial charge is 0.236 e. The zero-order valence-electron chi connectivity index (χ0n) is 15.9. The molecule has 28 heavy (non-hydrogen) atoms. The number of aromatic nitrogens is 7. The van der Waals surface area contributed by atoms with Crippen molar-refractivity contribution in [1.82, 2.24) is 34.3 Å². The van der Waals surface area contributed by atoms with Crippen LogP contribution in [0.1, 0.15) is 42.5 Å². The molecule has 0 saturated heterocycles. The quantitative estimate of drug-likeness (QED) is 0.533. The maximum Gasteiger partial charge on any atom is 0.236 e. The first-order chi connectivity index (χ1) is 13.7. The SMILES string of the molecule is Cc1nnc(-c2ccccc2)c2nc(OCc3ncnn3C)c(C3CCC3)n12. The Hall–Kier alpha value is -3.29. The third-order valence-corrected chi connectivity index (χ3v) is 5.39. The Labute approximate surface area is 162 Å². The van der Waals surface area contributed by atoms with Crippen LogP contribution in [-0.4, -0.2) is 34.3 Å². The molecule has 0 radical (unpaired) electrons. The highest BCUT2D eigenvalue weighted by atomic mass is 16.5. The number of fused-ring (bicyclic) bond motifs is 1. The standard InChI is InChI=1S/C20H21N7O/c1-13-24-25-17(14-7-4-3-5-8-14)19-23-20(18(27(13)19)15-9-6-10-15)28-11-16-21-12-22-26(16)2/h3-5,7-8,12,15H,6,9-11H2,1-2H3. The summed E-state index contributed by atoms with van der Waals surface area (Å²) in [4.78, 5) is 9.11. The summed E-state index contributed by atoms with van der Waals surface area (Å²) in [6, 6.07) is 10.0. The van der Waals surface area contributed by atoms with Crippen molar-refractivity contribution in [2.24, 2.45) is 7.05 Å². The number of benzene rings is 1. The van der Waals surface area contributed by atoms with E-state index < -0.39 is 0 Å². The lowest BCUT2D eigenvalue weighted by atomic mass is 9.83. The van der Waals surface area contributed by atoms with Crippen LogP contribution in [0, 0.1) is 6.92 Å². The largest absolute Gasteiger partial charge is 0.468 e. The van der Waals surface area contributed by atoms with E-state index in [1.165, 1.54) is 12.7 Å². The summed E-state index contributed by atoms with van der Waals surface area (Å²) in [5.41, 5.74) is 3.63. The molecule has 0 spiro atoms. The van der Waals surface area contributed by atoms with E-state index >= 15 is 0 Å². The van der Waals surface area contributed by atoms with Crippen LogP contribution in [-0.2, 0) is 13.7 Å². The van der Waals surface area contributed by atoms with Gasteiger partial charge in [-0.05, 0) is 19.8 Å². The number of imidazole rings is 1. The van der Waals surface area contributed by atoms with Crippen LogP contribution < -0.4 is 4.74 Å². The van der Waals surface area contributed by atoms with Crippen LogP contribution in [0.5, 0.6) is 5.88 Å². The molecule has 3 heterocycles. The molecule has 1 aliphatic rings. The predicted octanol–water partition coefficient (Wildman–Crippen LogP) is 3.07. The van der Waals surface area contributed by atoms with Gasteiger partial charge in [-0.25, -0.2) is 4.98 Å². The highest BCUT2D eigenvalue weighted by molar-refractivity contribution is 5.74. The van der Waals surface area contributed by atoms with Gasteiger partial charge in [0.1, 0.15) is 24.5 Å². The minimum absolute atomic E-state index is 0.320. The average molecular weight is 375 g/mol. The highest BCUT2D eigenvalue weighted by Crippen LogP contribution is 2.42. The van der Waals surface area contributed by atoms with Gasteiger partial charge < -0.3 is 4.74 Å². The molecular formula is C20H21N7O. The van der Waals surface area contributed by atoms with E-state index in [-0.39, 0.29) is 0 Å². The summed E-state index contributed by atoms with van der Waals surface area (Å²) in [6.07, 6.45) is 5.03. The minimum Gasteiger partial charge on any atom is -0.468 e. The van der Waals surface area contributed by atoms with Gasteiger partial charge in [0, 0.05) is 18.5 Å². The summed E-state index contributed by atoms with van der Waals surface area (Å²) in [7, 11) is 1.85. The van der Waals surface area contributed by atoms with Crippen molar-refractivity contribution in [3.05, 3.63) is 54.0 Å². The van der Waals surface area contributed by atoms with Crippen molar-refractivity contribution in [2.45, 2.75) is 38.7 Å². The third kappa shape index (κ3) is 2.72. The van der Waals surface area contributed by atoms with Crippen molar-refractivity contribution in [2.75, 3.05) is 0 Å². The Morgan fingerprint density at radius 1 is 1.14 bits per heavy atom. The molecule has 8 nitrogen and oxygen atoms in total. The van der Waals surface area contributed by atoms with Gasteiger partial charge in [0.2, 0.25) is 5.88 Å². The normalized spacial score (nSPS) is 14.4. The van der Waals surface area contributed by atoms with E-state index in [1.54, 1.807) is 4.68 Å². The Kier molecular flexibility index (Phi) is 4.03. The summed E-state index contributed by atoms with van der Waals surface area (Å²) >= 11 is 0. The van der Waals surface area contributed by atoms with Crippen LogP contribution in [0.3, 0.4) is 0 Å². The van der Waals surface area contributed by atoms with E-state index in [2.05, 4.69) is 24.7 Å². The fourth-order valence-corrected chi connectivity index (χ4v) is 3.62. The van der Waals surface area contributed by atoms with E-state index in [9.17, 15) is 0 Å². The van der Waals surface area contributed by atoms with E-state index in [1.807, 2.05) is 44.3 Å². The van der Waals surface area contributed by atoms with Gasteiger partial charge in [0.15, 0.2) is 11.5 Å². The summed E-state index contributed by atoms with van der Waals surface area (Å²) in [6.45, 7) is 2.28. The predicted molar refractivity (Wildman–Crippen MR) is 103 cm³/mol. The lowest BCUT2D eigenvalue weighted by Crippen LogP contribution is -2.15. The van der Waals surface area contributed by atoms with E-state index in [0.29, 0.717) is 18.4 Å². The van der Waals surface area contributed by atoms with Crippen molar-refractivity contribution >= 4 is 5.65 Å². The van der Waals surface area contributed by atoms with Crippen LogP contribution in [0.2, 0.25) is 0 Å². The third-order valence-electron chi connectivity index (χ3n) is 5.39. The van der Waals surface area contributed by atoms with Gasteiger partial charge in [-0.2, -0.15) is 10.1 Å². The number of nitrogens with zero attached hydrogens (tertiary/aromatic N) is 7. The molecule has 3 aromatic heterocycles. The Morgan fingerprint density at radius 2 is 1.96 bits per heavy atom. The molecule has 0 N–H and O–H groups in total. The Morgan fingerprint density at radius 3 is 2.64 bits per heavy atom. The lowest BCUT2D eigenvalue weighted by Gasteiger charge is -2.26. The maximum atomic E-state index is 6.14. The zero-order valence-corrected chi connectivity index (χ0v) is 15.9. The summed E-state index contributed by atoms with van der Waals surface area (Å²) in [5.74, 6) is 2.64. The first-order valence-corrected chi connectivity index (χ1v) is 9.49. The van der Waals surface area contributed by atoms with E-state index in [0.717, 1.165) is 47.1 Å². The van der Waals surface area contributed by atoms with Gasteiger partial charge in [0.05, 0.1) is 5.69 Å². The maximum absolute atomic E-state index is 6.14. The van der Waals surface area contributed by atoms with Gasteiger partial charge in [-0.3, -0.25) is 9.08 Å². The number of rotatable bonds is 5. The monoisotopic (exact) mass is 375 g/mol. The molecule has 1 fully saturated rings. The van der Waals surface area contributed by atoms with Crippen LogP contribution in [0.25, 0.3) is 16.9 Å². The first kappa shape index (κ1) is 16.9. The van der Waals surface area contributed by atoms with Gasteiger partial charge in [-0.1, -0.05) is 36.8 Å². The lowest BCUT2D eigenvalue weighted by molar-refractivity contribution is 0.268. The molecule has 4 aromatic rings. The fourth-order valence-electron chi connectivity index (χ4n) is 3.62. The minimum atomic E-state index is 0.320. The number of hydrogen-bond acceptors (Lipinski definition) is 6. The molecule has 8 heteroatoms. The van der Waals surface area contributed by atoms with Crippen LogP contribution in [0.4, 0.5) is 0 Å². The van der Waals surface area contributed by atoms with Crippen LogP contribution >= 0.6 is 0 Å². The number of ether oxygens (including phenoxy) is 1. The number of hydrogen-bond donors (Lipinski definition) is 0. The second kappa shape index (κ2) is 6.70. The zero-order chi connectivity index (χ0) is 19.1. The fraction of sp³-hybridized carbons (Fsp3) is 0.350. The van der Waals surface area contributed by atoms with Gasteiger partial charge >= 0.3 is 0 Å². The Bertz CT molecular complexity index is 1130. The second-order valence-corrected chi connectivity index (χ2v) is 7.14. The topological polar surface area (TPSA) is 83.0 Å². The van der Waals surface area contributed by atoms with Crippen LogP contribution in [0.15, 0.2) is 36.7 Å².